The van der Waals surface area contributed by atoms with Gasteiger partial charge in [-0.05, 0) is 31.0 Å². The minimum Gasteiger partial charge on any atom is -0.386 e. The Hall–Kier alpha value is -2.54. The summed E-state index contributed by atoms with van der Waals surface area (Å²) in [6, 6.07) is 9.11. The lowest BCUT2D eigenvalue weighted by molar-refractivity contribution is -0.122. The molecule has 1 fully saturated rings. The van der Waals surface area contributed by atoms with Gasteiger partial charge in [-0.3, -0.25) is 19.0 Å². The van der Waals surface area contributed by atoms with Crippen LogP contribution in [0.1, 0.15) is 29.6 Å². The summed E-state index contributed by atoms with van der Waals surface area (Å²) in [5, 5.41) is 14.2. The molecule has 1 saturated heterocycles. The number of aromatic nitrogens is 1. The summed E-state index contributed by atoms with van der Waals surface area (Å²) in [5.41, 5.74) is 0.108. The smallest absolute Gasteiger partial charge is 0.254 e. The molecule has 0 aliphatic carbocycles. The highest BCUT2D eigenvalue weighted by molar-refractivity contribution is 5.98. The number of nitrogens with zero attached hydrogens (tertiary/aromatic N) is 2. The molecule has 2 amide bonds. The second-order valence-electron chi connectivity index (χ2n) is 6.68. The lowest BCUT2D eigenvalue weighted by Gasteiger charge is -2.24. The van der Waals surface area contributed by atoms with E-state index in [4.69, 9.17) is 0 Å². The van der Waals surface area contributed by atoms with Crippen LogP contribution in [0.25, 0.3) is 10.9 Å². The third-order valence-corrected chi connectivity index (χ3v) is 4.62. The number of alkyl halides is 1. The Bertz CT molecular complexity index is 813. The Morgan fingerprint density at radius 3 is 3.00 bits per heavy atom. The van der Waals surface area contributed by atoms with E-state index < -0.39 is 12.3 Å². The zero-order valence-electron chi connectivity index (χ0n) is 14.4. The van der Waals surface area contributed by atoms with Crippen LogP contribution in [0.15, 0.2) is 36.5 Å². The molecular weight excluding hydrogens is 337 g/mol. The molecule has 0 bridgehead atoms. The maximum atomic E-state index is 12.7. The third kappa shape index (κ3) is 4.16. The van der Waals surface area contributed by atoms with Crippen molar-refractivity contribution in [3.05, 3.63) is 42.1 Å². The van der Waals surface area contributed by atoms with Crippen LogP contribution >= 0.6 is 0 Å². The van der Waals surface area contributed by atoms with Crippen LogP contribution in [0, 0.1) is 0 Å². The lowest BCUT2D eigenvalue weighted by Crippen LogP contribution is -2.45. The fourth-order valence-corrected chi connectivity index (χ4v) is 3.14. The van der Waals surface area contributed by atoms with E-state index in [2.05, 4.69) is 10.3 Å². The standard InChI is InChI=1S/C19H22FN3O3/c20-8-1-4-17(24)22-12-19(26)7-10-23(13-19)18(25)15-6-5-14-3-2-9-21-16(14)11-15/h2-3,5-6,9,11,26H,1,4,7-8,10,12-13H2,(H,22,24). The van der Waals surface area contributed by atoms with E-state index >= 15 is 0 Å². The van der Waals surface area contributed by atoms with Crippen LogP contribution in [-0.4, -0.2) is 58.7 Å². The van der Waals surface area contributed by atoms with Crippen LogP contribution in [0.3, 0.4) is 0 Å². The number of fused-ring (bicyclic) bond motifs is 1. The summed E-state index contributed by atoms with van der Waals surface area (Å²) in [7, 11) is 0. The lowest BCUT2D eigenvalue weighted by atomic mass is 10.0. The zero-order chi connectivity index (χ0) is 18.6. The molecule has 6 nitrogen and oxygen atoms in total. The van der Waals surface area contributed by atoms with Crippen LogP contribution in [-0.2, 0) is 4.79 Å². The molecule has 1 atom stereocenters. The fourth-order valence-electron chi connectivity index (χ4n) is 3.14. The van der Waals surface area contributed by atoms with E-state index in [0.717, 1.165) is 10.9 Å². The average molecular weight is 359 g/mol. The van der Waals surface area contributed by atoms with Crippen LogP contribution in [0.5, 0.6) is 0 Å². The van der Waals surface area contributed by atoms with Gasteiger partial charge < -0.3 is 15.3 Å². The number of β-amino-alcohol motifs (C(OH)–C–C–N with tert-alkyl or cyclic N) is 1. The summed E-state index contributed by atoms with van der Waals surface area (Å²) < 4.78 is 12.1. The number of aliphatic hydroxyl groups is 1. The third-order valence-electron chi connectivity index (χ3n) is 4.62. The van der Waals surface area contributed by atoms with Gasteiger partial charge in [0.25, 0.3) is 5.91 Å². The summed E-state index contributed by atoms with van der Waals surface area (Å²) in [6.45, 7) is 0.0766. The van der Waals surface area contributed by atoms with Crippen molar-refractivity contribution < 1.29 is 19.1 Å². The molecule has 0 radical (unpaired) electrons. The maximum absolute atomic E-state index is 12.7. The van der Waals surface area contributed by atoms with Crippen molar-refractivity contribution in [1.29, 1.82) is 0 Å². The molecular formula is C19H22FN3O3. The monoisotopic (exact) mass is 359 g/mol. The van der Waals surface area contributed by atoms with Crippen molar-refractivity contribution in [3.8, 4) is 0 Å². The number of rotatable bonds is 6. The Morgan fingerprint density at radius 2 is 2.19 bits per heavy atom. The molecule has 2 heterocycles. The molecule has 1 aliphatic rings. The number of benzene rings is 1. The fraction of sp³-hybridized carbons (Fsp3) is 0.421. The minimum absolute atomic E-state index is 0.0567. The molecule has 0 spiro atoms. The minimum atomic E-state index is -1.16. The normalized spacial score (nSPS) is 19.7. The van der Waals surface area contributed by atoms with Gasteiger partial charge >= 0.3 is 0 Å². The predicted molar refractivity (Wildman–Crippen MR) is 95.4 cm³/mol. The van der Waals surface area contributed by atoms with E-state index in [1.54, 1.807) is 23.2 Å². The van der Waals surface area contributed by atoms with Gasteiger partial charge in [-0.2, -0.15) is 0 Å². The van der Waals surface area contributed by atoms with Crippen molar-refractivity contribution in [2.75, 3.05) is 26.3 Å². The Balaban J connectivity index is 1.61. The second kappa shape index (κ2) is 7.78. The maximum Gasteiger partial charge on any atom is 0.254 e. The number of likely N-dealkylation sites (tertiary alicyclic amines) is 1. The first-order valence-corrected chi connectivity index (χ1v) is 8.70. The Labute approximate surface area is 151 Å². The largest absolute Gasteiger partial charge is 0.386 e. The summed E-state index contributed by atoms with van der Waals surface area (Å²) >= 11 is 0. The van der Waals surface area contributed by atoms with Crippen molar-refractivity contribution in [2.24, 2.45) is 0 Å². The molecule has 138 valence electrons. The topological polar surface area (TPSA) is 82.5 Å². The van der Waals surface area contributed by atoms with Gasteiger partial charge in [-0.1, -0.05) is 12.1 Å². The van der Waals surface area contributed by atoms with Gasteiger partial charge in [0.15, 0.2) is 0 Å². The molecule has 7 heteroatoms. The summed E-state index contributed by atoms with van der Waals surface area (Å²) in [5.74, 6) is -0.460. The van der Waals surface area contributed by atoms with Gasteiger partial charge in [0, 0.05) is 36.7 Å². The van der Waals surface area contributed by atoms with E-state index in [1.807, 2.05) is 18.2 Å². The highest BCUT2D eigenvalue weighted by atomic mass is 19.1. The van der Waals surface area contributed by atoms with Crippen molar-refractivity contribution in [1.82, 2.24) is 15.2 Å². The highest BCUT2D eigenvalue weighted by Gasteiger charge is 2.38. The molecule has 1 unspecified atom stereocenters. The number of nitrogens with one attached hydrogen (secondary N) is 1. The summed E-state index contributed by atoms with van der Waals surface area (Å²) in [6.07, 6.45) is 2.33. The number of carbonyl (C=O) groups is 2. The number of amides is 2. The zero-order valence-corrected chi connectivity index (χ0v) is 14.4. The van der Waals surface area contributed by atoms with Crippen molar-refractivity contribution in [2.45, 2.75) is 24.9 Å². The first-order valence-electron chi connectivity index (χ1n) is 8.70. The molecule has 1 aromatic carbocycles. The van der Waals surface area contributed by atoms with Crippen molar-refractivity contribution >= 4 is 22.7 Å². The van der Waals surface area contributed by atoms with E-state index in [-0.39, 0.29) is 37.7 Å². The first-order chi connectivity index (χ1) is 12.5. The molecule has 2 aromatic rings. The molecule has 0 saturated carbocycles. The van der Waals surface area contributed by atoms with Gasteiger partial charge in [-0.25, -0.2) is 0 Å². The number of hydrogen-bond acceptors (Lipinski definition) is 4. The van der Waals surface area contributed by atoms with Crippen LogP contribution < -0.4 is 5.32 Å². The summed E-state index contributed by atoms with van der Waals surface area (Å²) in [4.78, 5) is 30.1. The average Bonchev–Trinajstić information content (AvgIpc) is 3.06. The van der Waals surface area contributed by atoms with Gasteiger partial charge in [0.2, 0.25) is 5.91 Å². The van der Waals surface area contributed by atoms with E-state index in [0.29, 0.717) is 18.5 Å². The van der Waals surface area contributed by atoms with Gasteiger partial charge in [-0.15, -0.1) is 0 Å². The SMILES string of the molecule is O=C(CCCF)NCC1(O)CCN(C(=O)c2ccc3cccnc3c2)C1. The van der Waals surface area contributed by atoms with Crippen molar-refractivity contribution in [3.63, 3.8) is 0 Å². The van der Waals surface area contributed by atoms with Crippen LogP contribution in [0.4, 0.5) is 4.39 Å². The quantitative estimate of drug-likeness (QED) is 0.822. The van der Waals surface area contributed by atoms with Gasteiger partial charge in [0.1, 0.15) is 5.60 Å². The molecule has 1 aromatic heterocycles. The number of pyridine rings is 1. The molecule has 2 N–H and O–H groups in total. The van der Waals surface area contributed by atoms with Crippen LogP contribution in [0.2, 0.25) is 0 Å². The highest BCUT2D eigenvalue weighted by Crippen LogP contribution is 2.23. The van der Waals surface area contributed by atoms with Gasteiger partial charge in [0.05, 0.1) is 18.7 Å². The van der Waals surface area contributed by atoms with E-state index in [1.165, 1.54) is 0 Å². The molecule has 1 aliphatic heterocycles. The molecule has 26 heavy (non-hydrogen) atoms. The Morgan fingerprint density at radius 1 is 1.35 bits per heavy atom. The van der Waals surface area contributed by atoms with E-state index in [9.17, 15) is 19.1 Å². The number of halogens is 1. The first kappa shape index (κ1) is 18.3. The second-order valence-corrected chi connectivity index (χ2v) is 6.68. The number of hydrogen-bond donors (Lipinski definition) is 2. The Kier molecular flexibility index (Phi) is 5.46. The molecule has 3 rings (SSSR count). The number of carbonyl (C=O) groups excluding carboxylic acids is 2. The predicted octanol–water partition coefficient (Wildman–Crippen LogP) is 1.68.